The minimum Gasteiger partial charge on any atom is -0.478 e. The first-order valence-electron chi connectivity index (χ1n) is 6.59. The summed E-state index contributed by atoms with van der Waals surface area (Å²) in [6, 6.07) is 4.30. The fourth-order valence-electron chi connectivity index (χ4n) is 1.70. The van der Waals surface area contributed by atoms with Crippen LogP contribution in [0.25, 0.3) is 0 Å². The first-order chi connectivity index (χ1) is 9.93. The molecule has 1 aromatic carbocycles. The number of aromatic carboxylic acids is 1. The van der Waals surface area contributed by atoms with Gasteiger partial charge >= 0.3 is 5.97 Å². The Kier molecular flexibility index (Phi) is 6.35. The molecule has 7 nitrogen and oxygen atoms in total. The number of benzene rings is 1. The zero-order chi connectivity index (χ0) is 15.8. The van der Waals surface area contributed by atoms with Crippen molar-refractivity contribution in [1.82, 2.24) is 5.32 Å². The second-order valence-corrected chi connectivity index (χ2v) is 4.40. The molecule has 2 amide bonds. The lowest BCUT2D eigenvalue weighted by Crippen LogP contribution is -2.22. The van der Waals surface area contributed by atoms with E-state index in [0.29, 0.717) is 12.2 Å². The van der Waals surface area contributed by atoms with Crippen molar-refractivity contribution in [1.29, 1.82) is 0 Å². The molecule has 21 heavy (non-hydrogen) atoms. The molecule has 1 aromatic rings. The Morgan fingerprint density at radius 2 is 1.90 bits per heavy atom. The molecule has 0 spiro atoms. The van der Waals surface area contributed by atoms with Crippen LogP contribution in [0.1, 0.15) is 30.6 Å². The van der Waals surface area contributed by atoms with Crippen molar-refractivity contribution >= 4 is 29.2 Å². The topological polar surface area (TPSA) is 108 Å². The molecule has 0 saturated heterocycles. The van der Waals surface area contributed by atoms with Crippen LogP contribution in [0.3, 0.4) is 0 Å². The summed E-state index contributed by atoms with van der Waals surface area (Å²) in [5, 5.41) is 17.2. The van der Waals surface area contributed by atoms with Crippen molar-refractivity contribution in [2.24, 2.45) is 0 Å². The van der Waals surface area contributed by atoms with Crippen LogP contribution < -0.4 is 16.0 Å². The van der Waals surface area contributed by atoms with E-state index in [1.54, 1.807) is 0 Å². The lowest BCUT2D eigenvalue weighted by Gasteiger charge is -2.11. The lowest BCUT2D eigenvalue weighted by atomic mass is 10.1. The summed E-state index contributed by atoms with van der Waals surface area (Å²) >= 11 is 0. The summed E-state index contributed by atoms with van der Waals surface area (Å²) < 4.78 is 0. The number of hydrogen-bond acceptors (Lipinski definition) is 4. The summed E-state index contributed by atoms with van der Waals surface area (Å²) in [7, 11) is 0. The minimum atomic E-state index is -1.18. The van der Waals surface area contributed by atoms with E-state index in [-0.39, 0.29) is 29.5 Å². The minimum absolute atomic E-state index is 0.0712. The van der Waals surface area contributed by atoms with Crippen LogP contribution in [-0.4, -0.2) is 36.0 Å². The molecule has 0 atom stereocenters. The maximum atomic E-state index is 11.7. The smallest absolute Gasteiger partial charge is 0.337 e. The van der Waals surface area contributed by atoms with Gasteiger partial charge in [-0.25, -0.2) is 4.79 Å². The highest BCUT2D eigenvalue weighted by Crippen LogP contribution is 2.21. The third kappa shape index (κ3) is 5.62. The zero-order valence-electron chi connectivity index (χ0n) is 12.0. The molecule has 0 aromatic heterocycles. The fraction of sp³-hybridized carbons (Fsp3) is 0.357. The van der Waals surface area contributed by atoms with Gasteiger partial charge in [0.1, 0.15) is 0 Å². The average Bonchev–Trinajstić information content (AvgIpc) is 2.40. The highest BCUT2D eigenvalue weighted by Gasteiger charge is 2.13. The second kappa shape index (κ2) is 8.01. The largest absolute Gasteiger partial charge is 0.478 e. The number of carbonyl (C=O) groups is 3. The van der Waals surface area contributed by atoms with Crippen molar-refractivity contribution in [3.63, 3.8) is 0 Å². The van der Waals surface area contributed by atoms with E-state index in [4.69, 9.17) is 0 Å². The van der Waals surface area contributed by atoms with Crippen molar-refractivity contribution in [3.05, 3.63) is 23.8 Å². The van der Waals surface area contributed by atoms with Gasteiger partial charge in [0.25, 0.3) is 0 Å². The number of hydrogen-bond donors (Lipinski definition) is 4. The Morgan fingerprint density at radius 1 is 1.19 bits per heavy atom. The first-order valence-corrected chi connectivity index (χ1v) is 6.59. The standard InChI is InChI=1S/C14H19N3O4/c1-3-15-7-6-13(19)17-12-5-4-10(16-9(2)18)8-11(12)14(20)21/h4-5,8,15H,3,6-7H2,1-2H3,(H,16,18)(H,17,19)(H,20,21). The lowest BCUT2D eigenvalue weighted by molar-refractivity contribution is -0.116. The van der Waals surface area contributed by atoms with E-state index in [0.717, 1.165) is 6.54 Å². The van der Waals surface area contributed by atoms with Crippen molar-refractivity contribution in [3.8, 4) is 0 Å². The number of carboxylic acid groups (broad SMARTS) is 1. The molecule has 0 radical (unpaired) electrons. The van der Waals surface area contributed by atoms with Crippen LogP contribution in [0.2, 0.25) is 0 Å². The molecule has 7 heteroatoms. The fourth-order valence-corrected chi connectivity index (χ4v) is 1.70. The molecule has 114 valence electrons. The molecule has 0 fully saturated rings. The van der Waals surface area contributed by atoms with Gasteiger partial charge in [-0.1, -0.05) is 6.92 Å². The number of carbonyl (C=O) groups excluding carboxylic acids is 2. The van der Waals surface area contributed by atoms with Crippen LogP contribution in [-0.2, 0) is 9.59 Å². The van der Waals surface area contributed by atoms with E-state index in [2.05, 4.69) is 16.0 Å². The SMILES string of the molecule is CCNCCC(=O)Nc1ccc(NC(C)=O)cc1C(=O)O. The van der Waals surface area contributed by atoms with Gasteiger partial charge in [0.05, 0.1) is 11.3 Å². The highest BCUT2D eigenvalue weighted by molar-refractivity contribution is 6.02. The number of amides is 2. The van der Waals surface area contributed by atoms with Gasteiger partial charge in [-0.05, 0) is 24.7 Å². The Bertz CT molecular complexity index is 543. The molecule has 0 heterocycles. The van der Waals surface area contributed by atoms with E-state index >= 15 is 0 Å². The van der Waals surface area contributed by atoms with Crippen LogP contribution >= 0.6 is 0 Å². The molecule has 0 saturated carbocycles. The quantitative estimate of drug-likeness (QED) is 0.566. The van der Waals surface area contributed by atoms with Gasteiger partial charge in [0, 0.05) is 25.6 Å². The molecule has 0 unspecified atom stereocenters. The Labute approximate surface area is 122 Å². The van der Waals surface area contributed by atoms with E-state index < -0.39 is 5.97 Å². The Balaban J connectivity index is 2.83. The molecule has 0 aliphatic rings. The van der Waals surface area contributed by atoms with Gasteiger partial charge in [-0.3, -0.25) is 9.59 Å². The third-order valence-electron chi connectivity index (χ3n) is 2.62. The van der Waals surface area contributed by atoms with E-state index in [1.165, 1.54) is 25.1 Å². The van der Waals surface area contributed by atoms with Gasteiger partial charge < -0.3 is 21.1 Å². The second-order valence-electron chi connectivity index (χ2n) is 4.40. The summed E-state index contributed by atoms with van der Waals surface area (Å²) in [6.07, 6.45) is 0.250. The number of anilines is 2. The zero-order valence-corrected chi connectivity index (χ0v) is 12.0. The van der Waals surface area contributed by atoms with Crippen LogP contribution in [0.5, 0.6) is 0 Å². The average molecular weight is 293 g/mol. The molecule has 0 bridgehead atoms. The molecular formula is C14H19N3O4. The van der Waals surface area contributed by atoms with Crippen molar-refractivity contribution in [2.45, 2.75) is 20.3 Å². The summed E-state index contributed by atoms with van der Waals surface area (Å²) in [6.45, 7) is 4.55. The van der Waals surface area contributed by atoms with Gasteiger partial charge in [-0.2, -0.15) is 0 Å². The van der Waals surface area contributed by atoms with Crippen LogP contribution in [0.4, 0.5) is 11.4 Å². The highest BCUT2D eigenvalue weighted by atomic mass is 16.4. The van der Waals surface area contributed by atoms with Crippen LogP contribution in [0.15, 0.2) is 18.2 Å². The predicted molar refractivity (Wildman–Crippen MR) is 79.5 cm³/mol. The first kappa shape index (κ1) is 16.6. The van der Waals surface area contributed by atoms with Crippen molar-refractivity contribution in [2.75, 3.05) is 23.7 Å². The van der Waals surface area contributed by atoms with Crippen molar-refractivity contribution < 1.29 is 19.5 Å². The third-order valence-corrected chi connectivity index (χ3v) is 2.62. The maximum absolute atomic E-state index is 11.7. The van der Waals surface area contributed by atoms with E-state index in [9.17, 15) is 19.5 Å². The normalized spacial score (nSPS) is 10.0. The maximum Gasteiger partial charge on any atom is 0.337 e. The number of rotatable bonds is 7. The molecule has 4 N–H and O–H groups in total. The number of nitrogens with one attached hydrogen (secondary N) is 3. The predicted octanol–water partition coefficient (Wildman–Crippen LogP) is 1.28. The number of carboxylic acids is 1. The summed E-state index contributed by atoms with van der Waals surface area (Å²) in [5.74, 6) is -1.75. The molecular weight excluding hydrogens is 274 g/mol. The Morgan fingerprint density at radius 3 is 2.48 bits per heavy atom. The van der Waals surface area contributed by atoms with Gasteiger partial charge in [0.2, 0.25) is 11.8 Å². The molecule has 0 aliphatic heterocycles. The van der Waals surface area contributed by atoms with Gasteiger partial charge in [-0.15, -0.1) is 0 Å². The Hall–Kier alpha value is -2.41. The monoisotopic (exact) mass is 293 g/mol. The molecule has 1 rings (SSSR count). The summed E-state index contributed by atoms with van der Waals surface area (Å²) in [5.41, 5.74) is 0.502. The summed E-state index contributed by atoms with van der Waals surface area (Å²) in [4.78, 5) is 33.9. The van der Waals surface area contributed by atoms with Crippen LogP contribution in [0, 0.1) is 0 Å². The van der Waals surface area contributed by atoms with Gasteiger partial charge in [0.15, 0.2) is 0 Å². The van der Waals surface area contributed by atoms with E-state index in [1.807, 2.05) is 6.92 Å². The molecule has 0 aliphatic carbocycles.